The molecule has 0 aliphatic carbocycles. The highest BCUT2D eigenvalue weighted by Gasteiger charge is 2.20. The lowest BCUT2D eigenvalue weighted by Gasteiger charge is -2.17. The number of methoxy groups -OCH3 is 1. The Morgan fingerprint density at radius 2 is 2.25 bits per heavy atom. The molecule has 1 aliphatic rings. The Balaban J connectivity index is 2.10. The largest absolute Gasteiger partial charge is 0.496 e. The lowest BCUT2D eigenvalue weighted by molar-refractivity contribution is 0.275. The second-order valence-electron chi connectivity index (χ2n) is 4.94. The fraction of sp³-hybridized carbons (Fsp3) is 0.400. The second-order valence-corrected chi connectivity index (χ2v) is 5.80. The van der Waals surface area contributed by atoms with Crippen molar-refractivity contribution in [3.8, 4) is 17.1 Å². The Labute approximate surface area is 126 Å². The van der Waals surface area contributed by atoms with E-state index in [-0.39, 0.29) is 6.61 Å². The minimum atomic E-state index is 0.00660. The molecule has 1 aromatic heterocycles. The van der Waals surface area contributed by atoms with Crippen LogP contribution in [0.15, 0.2) is 22.7 Å². The number of nitrogens with zero attached hydrogens (tertiary/aromatic N) is 2. The quantitative estimate of drug-likeness (QED) is 0.936. The number of fused-ring (bicyclic) bond motifs is 1. The summed E-state index contributed by atoms with van der Waals surface area (Å²) in [5.41, 5.74) is 3.04. The fourth-order valence-electron chi connectivity index (χ4n) is 2.77. The lowest BCUT2D eigenvalue weighted by Crippen LogP contribution is -2.12. The van der Waals surface area contributed by atoms with E-state index < -0.39 is 0 Å². The van der Waals surface area contributed by atoms with E-state index in [4.69, 9.17) is 4.74 Å². The van der Waals surface area contributed by atoms with Crippen LogP contribution < -0.4 is 4.74 Å². The van der Waals surface area contributed by atoms with Gasteiger partial charge in [-0.2, -0.15) is 0 Å². The van der Waals surface area contributed by atoms with E-state index in [9.17, 15) is 5.11 Å². The van der Waals surface area contributed by atoms with E-state index >= 15 is 0 Å². The standard InChI is InChI=1S/C15H17BrN2O2/c1-20-14-6-5-10(8-11(14)16)15-17-12(9-19)13-4-2-3-7-18(13)15/h5-6,8,19H,2-4,7,9H2,1H3. The highest BCUT2D eigenvalue weighted by molar-refractivity contribution is 9.10. The molecular weight excluding hydrogens is 320 g/mol. The third kappa shape index (κ3) is 2.25. The van der Waals surface area contributed by atoms with E-state index in [0.29, 0.717) is 0 Å². The number of halogens is 1. The SMILES string of the molecule is COc1ccc(-c2nc(CO)c3n2CCCC3)cc1Br. The summed E-state index contributed by atoms with van der Waals surface area (Å²) in [6.07, 6.45) is 3.34. The minimum absolute atomic E-state index is 0.00660. The van der Waals surface area contributed by atoms with Crippen molar-refractivity contribution in [1.29, 1.82) is 0 Å². The van der Waals surface area contributed by atoms with Gasteiger partial charge in [-0.1, -0.05) is 0 Å². The average molecular weight is 337 g/mol. The number of aromatic nitrogens is 2. The minimum Gasteiger partial charge on any atom is -0.496 e. The topological polar surface area (TPSA) is 47.3 Å². The van der Waals surface area contributed by atoms with Gasteiger partial charge in [-0.3, -0.25) is 0 Å². The molecule has 0 saturated carbocycles. The Bertz CT molecular complexity index is 637. The van der Waals surface area contributed by atoms with Gasteiger partial charge in [-0.25, -0.2) is 4.98 Å². The van der Waals surface area contributed by atoms with Gasteiger partial charge in [0.1, 0.15) is 11.6 Å². The van der Waals surface area contributed by atoms with E-state index in [2.05, 4.69) is 25.5 Å². The predicted molar refractivity (Wildman–Crippen MR) is 80.8 cm³/mol. The first-order valence-corrected chi connectivity index (χ1v) is 7.57. The number of hydrogen-bond acceptors (Lipinski definition) is 3. The van der Waals surface area contributed by atoms with Crippen molar-refractivity contribution < 1.29 is 9.84 Å². The maximum absolute atomic E-state index is 9.49. The number of rotatable bonds is 3. The van der Waals surface area contributed by atoms with Crippen LogP contribution in [-0.2, 0) is 19.6 Å². The summed E-state index contributed by atoms with van der Waals surface area (Å²) in [5, 5.41) is 9.49. The molecule has 2 heterocycles. The van der Waals surface area contributed by atoms with Gasteiger partial charge >= 0.3 is 0 Å². The first-order valence-electron chi connectivity index (χ1n) is 6.77. The molecule has 0 unspecified atom stereocenters. The number of imidazole rings is 1. The van der Waals surface area contributed by atoms with E-state index in [1.54, 1.807) is 7.11 Å². The summed E-state index contributed by atoms with van der Waals surface area (Å²) in [4.78, 5) is 4.63. The van der Waals surface area contributed by atoms with Crippen LogP contribution in [0.4, 0.5) is 0 Å². The zero-order chi connectivity index (χ0) is 14.1. The van der Waals surface area contributed by atoms with Crippen molar-refractivity contribution in [1.82, 2.24) is 9.55 Å². The maximum Gasteiger partial charge on any atom is 0.140 e. The van der Waals surface area contributed by atoms with Crippen molar-refractivity contribution in [2.24, 2.45) is 0 Å². The van der Waals surface area contributed by atoms with E-state index in [1.807, 2.05) is 18.2 Å². The van der Waals surface area contributed by atoms with Gasteiger partial charge in [0, 0.05) is 17.8 Å². The summed E-state index contributed by atoms with van der Waals surface area (Å²) < 4.78 is 8.41. The first-order chi connectivity index (χ1) is 9.74. The Kier molecular flexibility index (Phi) is 3.81. The van der Waals surface area contributed by atoms with Gasteiger partial charge in [0.25, 0.3) is 0 Å². The van der Waals surface area contributed by atoms with Crippen LogP contribution in [0.5, 0.6) is 5.75 Å². The van der Waals surface area contributed by atoms with Crippen molar-refractivity contribution in [2.75, 3.05) is 7.11 Å². The van der Waals surface area contributed by atoms with Crippen molar-refractivity contribution >= 4 is 15.9 Å². The zero-order valence-corrected chi connectivity index (χ0v) is 13.0. The number of aliphatic hydroxyl groups excluding tert-OH is 1. The van der Waals surface area contributed by atoms with E-state index in [0.717, 1.165) is 40.3 Å². The molecule has 2 aromatic rings. The molecule has 0 fully saturated rings. The van der Waals surface area contributed by atoms with Crippen molar-refractivity contribution in [3.63, 3.8) is 0 Å². The molecular formula is C15H17BrN2O2. The van der Waals surface area contributed by atoms with Crippen LogP contribution in [0.2, 0.25) is 0 Å². The van der Waals surface area contributed by atoms with Gasteiger partial charge in [0.2, 0.25) is 0 Å². The van der Waals surface area contributed by atoms with Crippen LogP contribution >= 0.6 is 15.9 Å². The van der Waals surface area contributed by atoms with Gasteiger partial charge in [-0.05, 0) is 53.4 Å². The Morgan fingerprint density at radius 3 is 2.95 bits per heavy atom. The molecule has 106 valence electrons. The van der Waals surface area contributed by atoms with Crippen LogP contribution in [0.1, 0.15) is 24.2 Å². The monoisotopic (exact) mass is 336 g/mol. The van der Waals surface area contributed by atoms with Crippen LogP contribution in [0, 0.1) is 0 Å². The van der Waals surface area contributed by atoms with Gasteiger partial charge in [-0.15, -0.1) is 0 Å². The van der Waals surface area contributed by atoms with Crippen molar-refractivity contribution in [3.05, 3.63) is 34.1 Å². The molecule has 0 saturated heterocycles. The molecule has 20 heavy (non-hydrogen) atoms. The van der Waals surface area contributed by atoms with Crippen LogP contribution in [-0.4, -0.2) is 21.8 Å². The molecule has 4 nitrogen and oxygen atoms in total. The molecule has 0 radical (unpaired) electrons. The third-order valence-corrected chi connectivity index (χ3v) is 4.38. The number of hydrogen-bond donors (Lipinski definition) is 1. The number of aliphatic hydroxyl groups is 1. The van der Waals surface area contributed by atoms with Gasteiger partial charge in [0.15, 0.2) is 0 Å². The highest BCUT2D eigenvalue weighted by Crippen LogP contribution is 2.32. The van der Waals surface area contributed by atoms with Crippen LogP contribution in [0.3, 0.4) is 0 Å². The molecule has 3 rings (SSSR count). The highest BCUT2D eigenvalue weighted by atomic mass is 79.9. The summed E-state index contributed by atoms with van der Waals surface area (Å²) in [6.45, 7) is 0.980. The molecule has 0 bridgehead atoms. The molecule has 0 spiro atoms. The van der Waals surface area contributed by atoms with E-state index in [1.165, 1.54) is 18.5 Å². The van der Waals surface area contributed by atoms with Gasteiger partial charge in [0.05, 0.1) is 23.9 Å². The summed E-state index contributed by atoms with van der Waals surface area (Å²) in [7, 11) is 1.65. The average Bonchev–Trinajstić information content (AvgIpc) is 2.86. The second kappa shape index (κ2) is 5.58. The summed E-state index contributed by atoms with van der Waals surface area (Å²) in [5.74, 6) is 1.74. The molecule has 1 aromatic carbocycles. The summed E-state index contributed by atoms with van der Waals surface area (Å²) >= 11 is 3.51. The fourth-order valence-corrected chi connectivity index (χ4v) is 3.31. The van der Waals surface area contributed by atoms with Crippen molar-refractivity contribution in [2.45, 2.75) is 32.4 Å². The molecule has 1 aliphatic heterocycles. The number of ether oxygens (including phenoxy) is 1. The van der Waals surface area contributed by atoms with Crippen LogP contribution in [0.25, 0.3) is 11.4 Å². The predicted octanol–water partition coefficient (Wildman–Crippen LogP) is 3.15. The molecule has 0 amide bonds. The molecule has 0 atom stereocenters. The van der Waals surface area contributed by atoms with Gasteiger partial charge < -0.3 is 14.4 Å². The number of benzene rings is 1. The third-order valence-electron chi connectivity index (χ3n) is 3.76. The molecule has 5 heteroatoms. The summed E-state index contributed by atoms with van der Waals surface area (Å²) in [6, 6.07) is 5.96. The Hall–Kier alpha value is -1.33. The Morgan fingerprint density at radius 1 is 1.40 bits per heavy atom. The lowest BCUT2D eigenvalue weighted by atomic mass is 10.1. The maximum atomic E-state index is 9.49. The zero-order valence-electron chi connectivity index (χ0n) is 11.4. The smallest absolute Gasteiger partial charge is 0.140 e. The molecule has 1 N–H and O–H groups in total. The normalized spacial score (nSPS) is 14.2. The first kappa shape index (κ1) is 13.6.